The van der Waals surface area contributed by atoms with Crippen LogP contribution in [-0.2, 0) is 16.1 Å². The van der Waals surface area contributed by atoms with Crippen LogP contribution in [0.25, 0.3) is 0 Å². The number of nitrogens with two attached hydrogens (primary N) is 1. The van der Waals surface area contributed by atoms with Gasteiger partial charge in [-0.3, -0.25) is 0 Å². The molecular formula is C22H31NO3. The van der Waals surface area contributed by atoms with Gasteiger partial charge in [0.05, 0.1) is 19.3 Å². The van der Waals surface area contributed by atoms with Crippen LogP contribution in [0.1, 0.15) is 44.9 Å². The Morgan fingerprint density at radius 3 is 2.04 bits per heavy atom. The Morgan fingerprint density at radius 2 is 1.54 bits per heavy atom. The fourth-order valence-electron chi connectivity index (χ4n) is 3.06. The normalized spacial score (nSPS) is 15.3. The first-order valence-corrected chi connectivity index (χ1v) is 8.97. The summed E-state index contributed by atoms with van der Waals surface area (Å²) in [4.78, 5) is 0. The first-order valence-electron chi connectivity index (χ1n) is 8.97. The molecule has 4 nitrogen and oxygen atoms in total. The molecule has 0 aliphatic heterocycles. The van der Waals surface area contributed by atoms with E-state index in [4.69, 9.17) is 19.9 Å². The number of rotatable bonds is 8. The van der Waals surface area contributed by atoms with Gasteiger partial charge in [-0.15, -0.1) is 0 Å². The van der Waals surface area contributed by atoms with Gasteiger partial charge in [-0.25, -0.2) is 0 Å². The van der Waals surface area contributed by atoms with E-state index < -0.39 is 5.60 Å². The van der Waals surface area contributed by atoms with E-state index in [1.165, 1.54) is 0 Å². The van der Waals surface area contributed by atoms with Crippen molar-refractivity contribution < 1.29 is 14.2 Å². The van der Waals surface area contributed by atoms with Gasteiger partial charge in [0.15, 0.2) is 0 Å². The molecule has 0 spiro atoms. The van der Waals surface area contributed by atoms with E-state index in [0.717, 1.165) is 16.9 Å². The van der Waals surface area contributed by atoms with Gasteiger partial charge >= 0.3 is 0 Å². The molecule has 0 bridgehead atoms. The van der Waals surface area contributed by atoms with E-state index in [2.05, 4.69) is 12.1 Å². The van der Waals surface area contributed by atoms with Crippen LogP contribution in [0.15, 0.2) is 54.6 Å². The van der Waals surface area contributed by atoms with Gasteiger partial charge in [0.2, 0.25) is 0 Å². The second kappa shape index (κ2) is 8.67. The molecule has 2 aromatic carbocycles. The molecule has 0 aromatic heterocycles. The minimum Gasteiger partial charge on any atom is -0.497 e. The van der Waals surface area contributed by atoms with Crippen molar-refractivity contribution in [1.29, 1.82) is 0 Å². The van der Waals surface area contributed by atoms with E-state index >= 15 is 0 Å². The van der Waals surface area contributed by atoms with Gasteiger partial charge in [0, 0.05) is 6.54 Å². The van der Waals surface area contributed by atoms with Crippen molar-refractivity contribution in [3.05, 3.63) is 65.7 Å². The van der Waals surface area contributed by atoms with Crippen molar-refractivity contribution in [2.45, 2.75) is 51.6 Å². The van der Waals surface area contributed by atoms with Gasteiger partial charge in [-0.1, -0.05) is 42.5 Å². The molecule has 0 saturated heterocycles. The Bertz CT molecular complexity index is 664. The molecule has 4 heteroatoms. The van der Waals surface area contributed by atoms with Gasteiger partial charge in [0.25, 0.3) is 0 Å². The van der Waals surface area contributed by atoms with Crippen LogP contribution in [0, 0.1) is 0 Å². The molecule has 0 radical (unpaired) electrons. The molecular weight excluding hydrogens is 326 g/mol. The van der Waals surface area contributed by atoms with Crippen LogP contribution in [0.3, 0.4) is 0 Å². The molecule has 0 heterocycles. The second-order valence-electron chi connectivity index (χ2n) is 7.68. The summed E-state index contributed by atoms with van der Waals surface area (Å²) in [5.41, 5.74) is 7.29. The molecule has 2 rings (SSSR count). The monoisotopic (exact) mass is 357 g/mol. The van der Waals surface area contributed by atoms with Gasteiger partial charge in [-0.05, 0) is 51.0 Å². The highest BCUT2D eigenvalue weighted by Crippen LogP contribution is 2.36. The molecule has 2 aromatic rings. The summed E-state index contributed by atoms with van der Waals surface area (Å²) in [5.74, 6) is 0.830. The zero-order valence-corrected chi connectivity index (χ0v) is 16.5. The van der Waals surface area contributed by atoms with Crippen molar-refractivity contribution in [2.24, 2.45) is 5.73 Å². The zero-order valence-electron chi connectivity index (χ0n) is 16.5. The molecule has 0 amide bonds. The Morgan fingerprint density at radius 1 is 0.923 bits per heavy atom. The van der Waals surface area contributed by atoms with Gasteiger partial charge in [-0.2, -0.15) is 0 Å². The van der Waals surface area contributed by atoms with Crippen LogP contribution in [0.2, 0.25) is 0 Å². The zero-order chi connectivity index (χ0) is 19.2. The average molecular weight is 357 g/mol. The summed E-state index contributed by atoms with van der Waals surface area (Å²) in [7, 11) is 1.66. The fraction of sp³-hybridized carbons (Fsp3) is 0.455. The number of benzene rings is 2. The molecule has 0 aliphatic rings. The number of hydrogen-bond donors (Lipinski definition) is 1. The lowest BCUT2D eigenvalue weighted by molar-refractivity contribution is -0.189. The molecule has 26 heavy (non-hydrogen) atoms. The molecule has 142 valence electrons. The minimum atomic E-state index is -0.647. The van der Waals surface area contributed by atoms with Crippen molar-refractivity contribution in [1.82, 2.24) is 0 Å². The number of ether oxygens (including phenoxy) is 3. The Labute approximate surface area is 157 Å². The first-order chi connectivity index (χ1) is 12.3. The molecule has 0 fully saturated rings. The van der Waals surface area contributed by atoms with Crippen molar-refractivity contribution in [3.8, 4) is 5.75 Å². The molecule has 2 N–H and O–H groups in total. The molecule has 0 saturated carbocycles. The minimum absolute atomic E-state index is 0.282. The SMILES string of the molecule is COc1ccc(CO[C@@H](c2ccccc2)[C@@](C)(CN)OC(C)(C)C)cc1. The number of hydrogen-bond acceptors (Lipinski definition) is 4. The smallest absolute Gasteiger partial charge is 0.118 e. The lowest BCUT2D eigenvalue weighted by atomic mass is 9.91. The van der Waals surface area contributed by atoms with E-state index in [0.29, 0.717) is 13.2 Å². The highest BCUT2D eigenvalue weighted by Gasteiger charge is 2.39. The number of methoxy groups -OCH3 is 1. The second-order valence-corrected chi connectivity index (χ2v) is 7.68. The predicted octanol–water partition coefficient (Wildman–Crippen LogP) is 4.49. The van der Waals surface area contributed by atoms with Crippen molar-refractivity contribution in [2.75, 3.05) is 13.7 Å². The predicted molar refractivity (Wildman–Crippen MR) is 105 cm³/mol. The summed E-state index contributed by atoms with van der Waals surface area (Å²) in [6.45, 7) is 8.94. The summed E-state index contributed by atoms with van der Waals surface area (Å²) >= 11 is 0. The summed E-state index contributed by atoms with van der Waals surface area (Å²) < 4.78 is 17.9. The fourth-order valence-corrected chi connectivity index (χ4v) is 3.06. The molecule has 2 atom stereocenters. The van der Waals surface area contributed by atoms with Crippen molar-refractivity contribution >= 4 is 0 Å². The van der Waals surface area contributed by atoms with Gasteiger partial charge in [0.1, 0.15) is 17.5 Å². The van der Waals surface area contributed by atoms with E-state index in [1.807, 2.05) is 70.2 Å². The average Bonchev–Trinajstić information content (AvgIpc) is 2.62. The lowest BCUT2D eigenvalue weighted by Gasteiger charge is -2.41. The molecule has 0 aliphatic carbocycles. The maximum atomic E-state index is 6.35. The third-order valence-electron chi connectivity index (χ3n) is 4.18. The van der Waals surface area contributed by atoms with Gasteiger partial charge < -0.3 is 19.9 Å². The quantitative estimate of drug-likeness (QED) is 0.756. The third-order valence-corrected chi connectivity index (χ3v) is 4.18. The largest absolute Gasteiger partial charge is 0.497 e. The van der Waals surface area contributed by atoms with E-state index in [-0.39, 0.29) is 11.7 Å². The third kappa shape index (κ3) is 5.56. The highest BCUT2D eigenvalue weighted by atomic mass is 16.6. The van der Waals surface area contributed by atoms with Crippen LogP contribution in [0.4, 0.5) is 0 Å². The lowest BCUT2D eigenvalue weighted by Crippen LogP contribution is -2.48. The van der Waals surface area contributed by atoms with Crippen LogP contribution in [0.5, 0.6) is 5.75 Å². The first kappa shape index (κ1) is 20.4. The maximum absolute atomic E-state index is 6.35. The van der Waals surface area contributed by atoms with Crippen molar-refractivity contribution in [3.63, 3.8) is 0 Å². The topological polar surface area (TPSA) is 53.7 Å². The van der Waals surface area contributed by atoms with Crippen LogP contribution in [-0.4, -0.2) is 24.9 Å². The summed E-state index contributed by atoms with van der Waals surface area (Å²) in [6.07, 6.45) is -0.282. The van der Waals surface area contributed by atoms with Crippen LogP contribution >= 0.6 is 0 Å². The highest BCUT2D eigenvalue weighted by molar-refractivity contribution is 5.27. The summed E-state index contributed by atoms with van der Waals surface area (Å²) in [5, 5.41) is 0. The Hall–Kier alpha value is -1.88. The standard InChI is InChI=1S/C22H31NO3/c1-21(2,3)26-22(4,16-23)20(18-9-7-6-8-10-18)25-15-17-11-13-19(24-5)14-12-17/h6-14,20H,15-16,23H2,1-5H3/t20-,22+/m0/s1. The van der Waals surface area contributed by atoms with E-state index in [1.54, 1.807) is 7.11 Å². The maximum Gasteiger partial charge on any atom is 0.118 e. The summed E-state index contributed by atoms with van der Waals surface area (Å²) in [6, 6.07) is 18.0. The molecule has 0 unspecified atom stereocenters. The Kier molecular flexibility index (Phi) is 6.81. The Balaban J connectivity index is 2.25. The van der Waals surface area contributed by atoms with Crippen LogP contribution < -0.4 is 10.5 Å². The van der Waals surface area contributed by atoms with E-state index in [9.17, 15) is 0 Å².